The van der Waals surface area contributed by atoms with Gasteiger partial charge in [0.25, 0.3) is 0 Å². The van der Waals surface area contributed by atoms with Crippen LogP contribution in [-0.2, 0) is 0 Å². The third kappa shape index (κ3) is 3.38. The molecule has 1 aliphatic rings. The Kier molecular flexibility index (Phi) is 4.63. The number of rotatable bonds is 4. The minimum atomic E-state index is -0.0361. The summed E-state index contributed by atoms with van der Waals surface area (Å²) in [5, 5.41) is 6.06. The lowest BCUT2D eigenvalue weighted by molar-refractivity contribution is 0.206. The van der Waals surface area contributed by atoms with Crippen LogP contribution in [0.15, 0.2) is 24.3 Å². The molecule has 1 aliphatic heterocycles. The van der Waals surface area contributed by atoms with Crippen LogP contribution < -0.4 is 15.4 Å². The van der Waals surface area contributed by atoms with Crippen molar-refractivity contribution in [1.82, 2.24) is 10.2 Å². The quantitative estimate of drug-likeness (QED) is 0.872. The molecule has 1 aromatic carbocycles. The van der Waals surface area contributed by atoms with Crippen molar-refractivity contribution < 1.29 is 9.53 Å². The highest BCUT2D eigenvalue weighted by Crippen LogP contribution is 2.20. The van der Waals surface area contributed by atoms with Crippen LogP contribution in [0.25, 0.3) is 0 Å². The molecular weight excluding hydrogens is 242 g/mol. The molecule has 1 saturated heterocycles. The molecule has 1 heterocycles. The Morgan fingerprint density at radius 1 is 1.53 bits per heavy atom. The van der Waals surface area contributed by atoms with Gasteiger partial charge in [0.2, 0.25) is 0 Å². The van der Waals surface area contributed by atoms with Crippen LogP contribution >= 0.6 is 0 Å². The van der Waals surface area contributed by atoms with Crippen LogP contribution in [0.2, 0.25) is 0 Å². The standard InChI is InChI=1S/C14H21N3O2/c1-15-10-12-6-4-8-17(12)14(18)16-11-5-3-7-13(9-11)19-2/h3,5,7,9,12,15H,4,6,8,10H2,1-2H3,(H,16,18). The van der Waals surface area contributed by atoms with Crippen molar-refractivity contribution in [3.63, 3.8) is 0 Å². The summed E-state index contributed by atoms with van der Waals surface area (Å²) in [5.41, 5.74) is 0.763. The first kappa shape index (κ1) is 13.7. The Bertz CT molecular complexity index is 436. The Morgan fingerprint density at radius 3 is 3.11 bits per heavy atom. The number of nitrogens with zero attached hydrogens (tertiary/aromatic N) is 1. The van der Waals surface area contributed by atoms with Crippen molar-refractivity contribution in [2.75, 3.05) is 32.6 Å². The Morgan fingerprint density at radius 2 is 2.37 bits per heavy atom. The number of nitrogens with one attached hydrogen (secondary N) is 2. The van der Waals surface area contributed by atoms with Crippen molar-refractivity contribution in [3.05, 3.63) is 24.3 Å². The number of carbonyl (C=O) groups excluding carboxylic acids is 1. The SMILES string of the molecule is CNCC1CCCN1C(=O)Nc1cccc(OC)c1. The summed E-state index contributed by atoms with van der Waals surface area (Å²) in [6, 6.07) is 7.66. The predicted molar refractivity (Wildman–Crippen MR) is 75.7 cm³/mol. The molecule has 5 heteroatoms. The fourth-order valence-electron chi connectivity index (χ4n) is 2.45. The molecule has 0 saturated carbocycles. The van der Waals surface area contributed by atoms with Crippen molar-refractivity contribution in [1.29, 1.82) is 0 Å². The zero-order chi connectivity index (χ0) is 13.7. The monoisotopic (exact) mass is 263 g/mol. The average molecular weight is 263 g/mol. The van der Waals surface area contributed by atoms with Gasteiger partial charge < -0.3 is 20.3 Å². The smallest absolute Gasteiger partial charge is 0.322 e. The van der Waals surface area contributed by atoms with E-state index >= 15 is 0 Å². The summed E-state index contributed by atoms with van der Waals surface area (Å²) in [6.07, 6.45) is 2.13. The maximum atomic E-state index is 12.2. The summed E-state index contributed by atoms with van der Waals surface area (Å²) in [5.74, 6) is 0.742. The number of hydrogen-bond donors (Lipinski definition) is 2. The number of methoxy groups -OCH3 is 1. The van der Waals surface area contributed by atoms with Crippen molar-refractivity contribution in [2.45, 2.75) is 18.9 Å². The van der Waals surface area contributed by atoms with E-state index < -0.39 is 0 Å². The molecule has 0 radical (unpaired) electrons. The number of likely N-dealkylation sites (tertiary alicyclic amines) is 1. The van der Waals surface area contributed by atoms with Crippen LogP contribution in [0.1, 0.15) is 12.8 Å². The number of benzene rings is 1. The number of likely N-dealkylation sites (N-methyl/N-ethyl adjacent to an activating group) is 1. The van der Waals surface area contributed by atoms with E-state index in [1.165, 1.54) is 0 Å². The topological polar surface area (TPSA) is 53.6 Å². The van der Waals surface area contributed by atoms with Crippen molar-refractivity contribution in [3.8, 4) is 5.75 Å². The first-order valence-electron chi connectivity index (χ1n) is 6.61. The molecule has 2 rings (SSSR count). The Balaban J connectivity index is 1.99. The van der Waals surface area contributed by atoms with Gasteiger partial charge in [-0.05, 0) is 32.0 Å². The molecule has 5 nitrogen and oxygen atoms in total. The lowest BCUT2D eigenvalue weighted by Gasteiger charge is -2.24. The van der Waals surface area contributed by atoms with E-state index in [4.69, 9.17) is 4.74 Å². The molecule has 1 aromatic rings. The average Bonchev–Trinajstić information content (AvgIpc) is 2.88. The normalized spacial score (nSPS) is 18.4. The van der Waals surface area contributed by atoms with Crippen LogP contribution in [0.5, 0.6) is 5.75 Å². The van der Waals surface area contributed by atoms with Gasteiger partial charge >= 0.3 is 6.03 Å². The minimum absolute atomic E-state index is 0.0361. The largest absolute Gasteiger partial charge is 0.497 e. The number of ether oxygens (including phenoxy) is 1. The zero-order valence-electron chi connectivity index (χ0n) is 11.5. The molecule has 2 N–H and O–H groups in total. The summed E-state index contributed by atoms with van der Waals surface area (Å²) >= 11 is 0. The van der Waals surface area contributed by atoms with Gasteiger partial charge in [0, 0.05) is 30.9 Å². The van der Waals surface area contributed by atoms with Gasteiger partial charge in [0.15, 0.2) is 0 Å². The van der Waals surface area contributed by atoms with E-state index in [1.54, 1.807) is 7.11 Å². The van der Waals surface area contributed by atoms with Crippen LogP contribution in [-0.4, -0.2) is 44.2 Å². The summed E-state index contributed by atoms with van der Waals surface area (Å²) in [7, 11) is 3.53. The second-order valence-corrected chi connectivity index (χ2v) is 4.71. The zero-order valence-corrected chi connectivity index (χ0v) is 11.5. The highest BCUT2D eigenvalue weighted by molar-refractivity contribution is 5.89. The number of urea groups is 1. The van der Waals surface area contributed by atoms with Gasteiger partial charge in [0.05, 0.1) is 7.11 Å². The van der Waals surface area contributed by atoms with Gasteiger partial charge in [-0.2, -0.15) is 0 Å². The molecule has 0 bridgehead atoms. The maximum Gasteiger partial charge on any atom is 0.322 e. The van der Waals surface area contributed by atoms with Crippen LogP contribution in [0.3, 0.4) is 0 Å². The van der Waals surface area contributed by atoms with Gasteiger partial charge in [-0.1, -0.05) is 6.07 Å². The molecule has 104 valence electrons. The van der Waals surface area contributed by atoms with E-state index in [9.17, 15) is 4.79 Å². The second kappa shape index (κ2) is 6.43. The Hall–Kier alpha value is -1.75. The second-order valence-electron chi connectivity index (χ2n) is 4.71. The molecular formula is C14H21N3O2. The Labute approximate surface area is 113 Å². The van der Waals surface area contributed by atoms with Crippen molar-refractivity contribution in [2.24, 2.45) is 0 Å². The third-order valence-corrected chi connectivity index (χ3v) is 3.40. The highest BCUT2D eigenvalue weighted by Gasteiger charge is 2.27. The summed E-state index contributed by atoms with van der Waals surface area (Å²) in [4.78, 5) is 14.1. The molecule has 19 heavy (non-hydrogen) atoms. The maximum absolute atomic E-state index is 12.2. The lowest BCUT2D eigenvalue weighted by Crippen LogP contribution is -2.43. The number of carbonyl (C=O) groups is 1. The van der Waals surface area contributed by atoms with Gasteiger partial charge in [-0.3, -0.25) is 0 Å². The molecule has 0 aliphatic carbocycles. The molecule has 1 atom stereocenters. The fourth-order valence-corrected chi connectivity index (χ4v) is 2.45. The van der Waals surface area contributed by atoms with Gasteiger partial charge in [0.1, 0.15) is 5.75 Å². The summed E-state index contributed by atoms with van der Waals surface area (Å²) in [6.45, 7) is 1.66. The number of hydrogen-bond acceptors (Lipinski definition) is 3. The molecule has 2 amide bonds. The fraction of sp³-hybridized carbons (Fsp3) is 0.500. The van der Waals surface area contributed by atoms with Crippen LogP contribution in [0, 0.1) is 0 Å². The van der Waals surface area contributed by atoms with E-state index in [1.807, 2.05) is 36.2 Å². The number of amides is 2. The van der Waals surface area contributed by atoms with E-state index in [0.29, 0.717) is 0 Å². The number of anilines is 1. The first-order chi connectivity index (χ1) is 9.24. The minimum Gasteiger partial charge on any atom is -0.497 e. The van der Waals surface area contributed by atoms with Gasteiger partial charge in [-0.25, -0.2) is 4.79 Å². The molecule has 0 aromatic heterocycles. The molecule has 0 spiro atoms. The van der Waals surface area contributed by atoms with E-state index in [2.05, 4.69) is 10.6 Å². The predicted octanol–water partition coefficient (Wildman–Crippen LogP) is 1.91. The van der Waals surface area contributed by atoms with E-state index in [-0.39, 0.29) is 12.1 Å². The highest BCUT2D eigenvalue weighted by atomic mass is 16.5. The summed E-state index contributed by atoms with van der Waals surface area (Å²) < 4.78 is 5.15. The van der Waals surface area contributed by atoms with Gasteiger partial charge in [-0.15, -0.1) is 0 Å². The van der Waals surface area contributed by atoms with Crippen molar-refractivity contribution >= 4 is 11.7 Å². The molecule has 1 unspecified atom stereocenters. The lowest BCUT2D eigenvalue weighted by atomic mass is 10.2. The first-order valence-corrected chi connectivity index (χ1v) is 6.61. The third-order valence-electron chi connectivity index (χ3n) is 3.40. The molecule has 1 fully saturated rings. The van der Waals surface area contributed by atoms with E-state index in [0.717, 1.165) is 37.4 Å². The van der Waals surface area contributed by atoms with Crippen LogP contribution in [0.4, 0.5) is 10.5 Å².